The lowest BCUT2D eigenvalue weighted by Crippen LogP contribution is -2.38. The lowest BCUT2D eigenvalue weighted by molar-refractivity contribution is -0.121. The van der Waals surface area contributed by atoms with Gasteiger partial charge < -0.3 is 5.32 Å². The summed E-state index contributed by atoms with van der Waals surface area (Å²) in [5, 5.41) is 2.91. The summed E-state index contributed by atoms with van der Waals surface area (Å²) >= 11 is 0. The molecule has 2 heterocycles. The molecule has 0 radical (unpaired) electrons. The number of nitrogens with one attached hydrogen (secondary N) is 1. The molecule has 1 aliphatic heterocycles. The van der Waals surface area contributed by atoms with Crippen molar-refractivity contribution >= 4 is 17.5 Å². The van der Waals surface area contributed by atoms with Crippen LogP contribution >= 0.6 is 0 Å². The molecule has 28 heavy (non-hydrogen) atoms. The van der Waals surface area contributed by atoms with Gasteiger partial charge in [-0.25, -0.2) is 4.98 Å². The minimum absolute atomic E-state index is 0.0197. The van der Waals surface area contributed by atoms with E-state index < -0.39 is 0 Å². The summed E-state index contributed by atoms with van der Waals surface area (Å²) in [7, 11) is 0. The first kappa shape index (κ1) is 20.2. The summed E-state index contributed by atoms with van der Waals surface area (Å²) in [4.78, 5) is 31.1. The summed E-state index contributed by atoms with van der Waals surface area (Å²) in [5.41, 5.74) is 5.48. The fourth-order valence-corrected chi connectivity index (χ4v) is 4.25. The molecule has 1 aliphatic rings. The van der Waals surface area contributed by atoms with E-state index in [4.69, 9.17) is 0 Å². The third-order valence-electron chi connectivity index (χ3n) is 5.74. The van der Waals surface area contributed by atoms with Crippen LogP contribution < -0.4 is 5.32 Å². The fraction of sp³-hybridized carbons (Fsp3) is 0.435. The number of hydrogen-bond donors (Lipinski definition) is 1. The molecule has 1 aromatic heterocycles. The number of benzene rings is 1. The number of Topliss-reactive ketones (excluding diaryl/α,β-unsaturated/α-hetero) is 1. The van der Waals surface area contributed by atoms with Gasteiger partial charge in [-0.3, -0.25) is 14.5 Å². The number of piperidine rings is 1. The molecule has 5 nitrogen and oxygen atoms in total. The first-order valence-electron chi connectivity index (χ1n) is 9.91. The molecule has 0 spiro atoms. The summed E-state index contributed by atoms with van der Waals surface area (Å²) in [6.45, 7) is 10.4. The predicted molar refractivity (Wildman–Crippen MR) is 112 cm³/mol. The highest BCUT2D eigenvalue weighted by atomic mass is 16.2. The number of hydrogen-bond acceptors (Lipinski definition) is 4. The Bertz CT molecular complexity index is 869. The standard InChI is InChI=1S/C23H29N3O2/c1-15-13-16(2)22(18(4)27)17(3)20(15)14-26-11-8-19(9-12-26)23(28)25-21-7-5-6-10-24-21/h5-7,10,13,19H,8-9,11-12,14H2,1-4H3,(H,24,25,28). The Kier molecular flexibility index (Phi) is 6.25. The zero-order valence-electron chi connectivity index (χ0n) is 17.2. The van der Waals surface area contributed by atoms with Crippen molar-refractivity contribution in [1.82, 2.24) is 9.88 Å². The molecule has 0 saturated carbocycles. The molecule has 5 heteroatoms. The molecule has 0 unspecified atom stereocenters. The molecule has 1 N–H and O–H groups in total. The Morgan fingerprint density at radius 3 is 2.46 bits per heavy atom. The molecule has 0 aliphatic carbocycles. The number of likely N-dealkylation sites (tertiary alicyclic amines) is 1. The number of amides is 1. The van der Waals surface area contributed by atoms with Gasteiger partial charge in [0.2, 0.25) is 5.91 Å². The van der Waals surface area contributed by atoms with Gasteiger partial charge in [0.25, 0.3) is 0 Å². The lowest BCUT2D eigenvalue weighted by atomic mass is 9.90. The van der Waals surface area contributed by atoms with Gasteiger partial charge in [-0.15, -0.1) is 0 Å². The van der Waals surface area contributed by atoms with Gasteiger partial charge in [-0.05, 0) is 88.0 Å². The van der Waals surface area contributed by atoms with Crippen molar-refractivity contribution in [3.05, 3.63) is 58.3 Å². The average molecular weight is 380 g/mol. The summed E-state index contributed by atoms with van der Waals surface area (Å²) in [5.74, 6) is 0.810. The highest BCUT2D eigenvalue weighted by Gasteiger charge is 2.26. The van der Waals surface area contributed by atoms with Crippen LogP contribution in [0.5, 0.6) is 0 Å². The molecule has 1 aromatic carbocycles. The smallest absolute Gasteiger partial charge is 0.228 e. The van der Waals surface area contributed by atoms with Gasteiger partial charge in [-0.2, -0.15) is 0 Å². The van der Waals surface area contributed by atoms with Crippen LogP contribution in [0.3, 0.4) is 0 Å². The van der Waals surface area contributed by atoms with Crippen molar-refractivity contribution in [3.63, 3.8) is 0 Å². The second-order valence-corrected chi connectivity index (χ2v) is 7.80. The Morgan fingerprint density at radius 2 is 1.86 bits per heavy atom. The Hall–Kier alpha value is -2.53. The van der Waals surface area contributed by atoms with E-state index in [2.05, 4.69) is 35.1 Å². The molecule has 1 saturated heterocycles. The Labute approximate surface area is 167 Å². The van der Waals surface area contributed by atoms with Crippen LogP contribution in [0.4, 0.5) is 5.82 Å². The number of carbonyl (C=O) groups is 2. The summed E-state index contributed by atoms with van der Waals surface area (Å²) < 4.78 is 0. The quantitative estimate of drug-likeness (QED) is 0.796. The van der Waals surface area contributed by atoms with Crippen LogP contribution in [0.2, 0.25) is 0 Å². The van der Waals surface area contributed by atoms with Gasteiger partial charge in [0.15, 0.2) is 5.78 Å². The third kappa shape index (κ3) is 4.47. The topological polar surface area (TPSA) is 62.3 Å². The minimum Gasteiger partial charge on any atom is -0.310 e. The van der Waals surface area contributed by atoms with Crippen LogP contribution in [0.15, 0.2) is 30.5 Å². The first-order valence-corrected chi connectivity index (χ1v) is 9.91. The second kappa shape index (κ2) is 8.65. The Morgan fingerprint density at radius 1 is 1.14 bits per heavy atom. The monoisotopic (exact) mass is 379 g/mol. The van der Waals surface area contributed by atoms with Gasteiger partial charge in [-0.1, -0.05) is 12.1 Å². The van der Waals surface area contributed by atoms with E-state index in [1.165, 1.54) is 11.1 Å². The number of ketones is 1. The number of aromatic nitrogens is 1. The van der Waals surface area contributed by atoms with Gasteiger partial charge >= 0.3 is 0 Å². The molecule has 1 amide bonds. The van der Waals surface area contributed by atoms with E-state index in [1.807, 2.05) is 25.1 Å². The average Bonchev–Trinajstić information content (AvgIpc) is 2.66. The molecule has 2 aromatic rings. The molecule has 3 rings (SSSR count). The molecule has 1 fully saturated rings. The molecule has 148 valence electrons. The number of nitrogens with zero attached hydrogens (tertiary/aromatic N) is 2. The normalized spacial score (nSPS) is 15.4. The molecular formula is C23H29N3O2. The maximum absolute atomic E-state index is 12.5. The lowest BCUT2D eigenvalue weighted by Gasteiger charge is -2.32. The minimum atomic E-state index is 0.0197. The number of rotatable bonds is 5. The van der Waals surface area contributed by atoms with Crippen molar-refractivity contribution in [2.75, 3.05) is 18.4 Å². The van der Waals surface area contributed by atoms with Crippen molar-refractivity contribution in [1.29, 1.82) is 0 Å². The predicted octanol–water partition coefficient (Wildman–Crippen LogP) is 4.06. The van der Waals surface area contributed by atoms with Crippen LogP contribution in [-0.4, -0.2) is 34.7 Å². The fourth-order valence-electron chi connectivity index (χ4n) is 4.25. The van der Waals surface area contributed by atoms with E-state index in [0.717, 1.165) is 49.2 Å². The summed E-state index contributed by atoms with van der Waals surface area (Å²) in [6, 6.07) is 7.63. The van der Waals surface area contributed by atoms with Crippen molar-refractivity contribution in [2.24, 2.45) is 5.92 Å². The van der Waals surface area contributed by atoms with E-state index in [1.54, 1.807) is 13.1 Å². The number of carbonyl (C=O) groups excluding carboxylic acids is 2. The van der Waals surface area contributed by atoms with Gasteiger partial charge in [0.1, 0.15) is 5.82 Å². The summed E-state index contributed by atoms with van der Waals surface area (Å²) in [6.07, 6.45) is 3.35. The molecular weight excluding hydrogens is 350 g/mol. The van der Waals surface area contributed by atoms with E-state index in [9.17, 15) is 9.59 Å². The maximum Gasteiger partial charge on any atom is 0.228 e. The number of anilines is 1. The van der Waals surface area contributed by atoms with E-state index >= 15 is 0 Å². The molecule has 0 atom stereocenters. The Balaban J connectivity index is 1.62. The van der Waals surface area contributed by atoms with Crippen LogP contribution in [0.1, 0.15) is 52.4 Å². The molecule has 0 bridgehead atoms. The number of aryl methyl sites for hydroxylation is 2. The van der Waals surface area contributed by atoms with E-state index in [0.29, 0.717) is 5.82 Å². The highest BCUT2D eigenvalue weighted by molar-refractivity contribution is 5.97. The van der Waals surface area contributed by atoms with Crippen LogP contribution in [-0.2, 0) is 11.3 Å². The SMILES string of the molecule is CC(=O)c1c(C)cc(C)c(CN2CCC(C(=O)Nc3ccccn3)CC2)c1C. The van der Waals surface area contributed by atoms with E-state index in [-0.39, 0.29) is 17.6 Å². The van der Waals surface area contributed by atoms with Gasteiger partial charge in [0, 0.05) is 24.2 Å². The first-order chi connectivity index (χ1) is 13.4. The third-order valence-corrected chi connectivity index (χ3v) is 5.74. The van der Waals surface area contributed by atoms with Crippen LogP contribution in [0.25, 0.3) is 0 Å². The largest absolute Gasteiger partial charge is 0.310 e. The van der Waals surface area contributed by atoms with Crippen molar-refractivity contribution in [3.8, 4) is 0 Å². The van der Waals surface area contributed by atoms with Gasteiger partial charge in [0.05, 0.1) is 0 Å². The van der Waals surface area contributed by atoms with Crippen molar-refractivity contribution in [2.45, 2.75) is 47.1 Å². The van der Waals surface area contributed by atoms with Crippen LogP contribution in [0, 0.1) is 26.7 Å². The zero-order chi connectivity index (χ0) is 20.3. The number of pyridine rings is 1. The second-order valence-electron chi connectivity index (χ2n) is 7.80. The van der Waals surface area contributed by atoms with Crippen molar-refractivity contribution < 1.29 is 9.59 Å². The maximum atomic E-state index is 12.5. The highest BCUT2D eigenvalue weighted by Crippen LogP contribution is 2.26. The zero-order valence-corrected chi connectivity index (χ0v) is 17.2.